The quantitative estimate of drug-likeness (QED) is 0.397. The zero-order chi connectivity index (χ0) is 22.8. The normalized spacial score (nSPS) is 13.4. The second kappa shape index (κ2) is 9.00. The highest BCUT2D eigenvalue weighted by Crippen LogP contribution is 2.33. The van der Waals surface area contributed by atoms with Crippen molar-refractivity contribution in [3.05, 3.63) is 83.8 Å². The van der Waals surface area contributed by atoms with E-state index in [2.05, 4.69) is 45.6 Å². The zero-order valence-electron chi connectivity index (χ0n) is 18.1. The minimum Gasteiger partial charge on any atom is -0.323 e. The number of amides is 1. The molecule has 2 aromatic heterocycles. The van der Waals surface area contributed by atoms with Crippen LogP contribution < -0.4 is 10.2 Å². The summed E-state index contributed by atoms with van der Waals surface area (Å²) < 4.78 is 0. The fraction of sp³-hybridized carbons (Fsp3) is 0.154. The predicted octanol–water partition coefficient (Wildman–Crippen LogP) is 6.04. The lowest BCUT2D eigenvalue weighted by Gasteiger charge is -2.16. The van der Waals surface area contributed by atoms with Gasteiger partial charge in [-0.05, 0) is 42.2 Å². The lowest BCUT2D eigenvalue weighted by molar-refractivity contribution is -0.117. The Morgan fingerprint density at radius 1 is 1.00 bits per heavy atom. The van der Waals surface area contributed by atoms with Crippen LogP contribution in [0.3, 0.4) is 0 Å². The average Bonchev–Trinajstić information content (AvgIpc) is 3.27. The molecule has 1 N–H and O–H groups in total. The van der Waals surface area contributed by atoms with E-state index in [9.17, 15) is 4.79 Å². The molecule has 2 aromatic carbocycles. The topological polar surface area (TPSA) is 71.0 Å². The fourth-order valence-electron chi connectivity index (χ4n) is 4.00. The maximum atomic E-state index is 12.1. The number of rotatable bonds is 5. The second-order valence-corrected chi connectivity index (χ2v) is 8.40. The van der Waals surface area contributed by atoms with Crippen LogP contribution in [0.4, 0.5) is 17.3 Å². The highest BCUT2D eigenvalue weighted by molar-refractivity contribution is 6.33. The number of aryl methyl sites for hydroxylation is 1. The molecule has 164 valence electrons. The maximum absolute atomic E-state index is 12.1. The smallest absolute Gasteiger partial charge is 0.227 e. The van der Waals surface area contributed by atoms with E-state index in [1.54, 1.807) is 23.5 Å². The van der Waals surface area contributed by atoms with Crippen molar-refractivity contribution in [3.8, 4) is 22.4 Å². The summed E-state index contributed by atoms with van der Waals surface area (Å²) >= 11 is 6.52. The van der Waals surface area contributed by atoms with Crippen molar-refractivity contribution in [2.45, 2.75) is 19.8 Å². The van der Waals surface area contributed by atoms with Crippen molar-refractivity contribution >= 4 is 34.8 Å². The summed E-state index contributed by atoms with van der Waals surface area (Å²) in [7, 11) is 0. The van der Waals surface area contributed by atoms with E-state index in [1.165, 1.54) is 0 Å². The third kappa shape index (κ3) is 4.43. The third-order valence-electron chi connectivity index (χ3n) is 5.71. The summed E-state index contributed by atoms with van der Waals surface area (Å²) in [5.74, 6) is 0.526. The van der Waals surface area contributed by atoms with Gasteiger partial charge in [-0.15, -0.1) is 0 Å². The van der Waals surface area contributed by atoms with Crippen molar-refractivity contribution in [2.24, 2.45) is 0 Å². The molecular weight excluding hydrogens is 434 g/mol. The Morgan fingerprint density at radius 3 is 2.64 bits per heavy atom. The van der Waals surface area contributed by atoms with Gasteiger partial charge in [0.25, 0.3) is 0 Å². The highest BCUT2D eigenvalue weighted by atomic mass is 35.5. The maximum Gasteiger partial charge on any atom is 0.227 e. The minimum absolute atomic E-state index is 0.118. The summed E-state index contributed by atoms with van der Waals surface area (Å²) in [4.78, 5) is 27.2. The van der Waals surface area contributed by atoms with E-state index in [4.69, 9.17) is 16.6 Å². The Labute approximate surface area is 197 Å². The summed E-state index contributed by atoms with van der Waals surface area (Å²) in [5.41, 5.74) is 6.36. The van der Waals surface area contributed by atoms with E-state index in [0.717, 1.165) is 34.4 Å². The van der Waals surface area contributed by atoms with Crippen LogP contribution in [0.15, 0.2) is 73.2 Å². The van der Waals surface area contributed by atoms with Gasteiger partial charge in [-0.25, -0.2) is 9.97 Å². The first kappa shape index (κ1) is 21.1. The van der Waals surface area contributed by atoms with Gasteiger partial charge in [0.1, 0.15) is 0 Å². The minimum atomic E-state index is 0.118. The van der Waals surface area contributed by atoms with E-state index in [-0.39, 0.29) is 5.91 Å². The molecule has 0 aliphatic carbocycles. The number of carbonyl (C=O) groups is 1. The molecule has 3 heterocycles. The van der Waals surface area contributed by atoms with Crippen LogP contribution >= 0.6 is 11.6 Å². The van der Waals surface area contributed by atoms with Gasteiger partial charge in [0.05, 0.1) is 40.7 Å². The zero-order valence-corrected chi connectivity index (χ0v) is 18.9. The number of carbonyl (C=O) groups excluding carboxylic acids is 1. The first-order valence-electron chi connectivity index (χ1n) is 10.8. The largest absolute Gasteiger partial charge is 0.323 e. The van der Waals surface area contributed by atoms with Gasteiger partial charge in [-0.1, -0.05) is 54.1 Å². The van der Waals surface area contributed by atoms with E-state index in [0.29, 0.717) is 35.3 Å². The Kier molecular flexibility index (Phi) is 5.75. The molecule has 0 bridgehead atoms. The standard InChI is InChI=1S/C26H22ClN5O/c1-17-9-10-19(18-6-3-2-4-7-18)12-22(17)25-23(27)16-29-26(31-25)30-20-13-21(15-28-14-20)32-11-5-8-24(32)33/h2-4,6-7,9-10,12-16H,5,8,11H2,1H3,(H,29,30,31). The molecule has 0 spiro atoms. The summed E-state index contributed by atoms with van der Waals surface area (Å²) in [6.07, 6.45) is 6.41. The van der Waals surface area contributed by atoms with Gasteiger partial charge in [-0.2, -0.15) is 0 Å². The number of anilines is 3. The number of benzene rings is 2. The molecule has 33 heavy (non-hydrogen) atoms. The van der Waals surface area contributed by atoms with E-state index in [1.807, 2.05) is 31.2 Å². The molecule has 6 nitrogen and oxygen atoms in total. The molecule has 1 saturated heterocycles. The number of nitrogens with zero attached hydrogens (tertiary/aromatic N) is 4. The third-order valence-corrected chi connectivity index (χ3v) is 5.99. The number of pyridine rings is 1. The number of nitrogens with one attached hydrogen (secondary N) is 1. The first-order valence-corrected chi connectivity index (χ1v) is 11.2. The molecule has 7 heteroatoms. The molecule has 5 rings (SSSR count). The highest BCUT2D eigenvalue weighted by Gasteiger charge is 2.22. The van der Waals surface area contributed by atoms with Crippen LogP contribution in [0.2, 0.25) is 5.02 Å². The monoisotopic (exact) mass is 455 g/mol. The van der Waals surface area contributed by atoms with Gasteiger partial charge in [0.15, 0.2) is 0 Å². The number of hydrogen-bond acceptors (Lipinski definition) is 5. The molecule has 0 radical (unpaired) electrons. The molecule has 0 atom stereocenters. The summed E-state index contributed by atoms with van der Waals surface area (Å²) in [6, 6.07) is 18.4. The second-order valence-electron chi connectivity index (χ2n) is 7.99. The lowest BCUT2D eigenvalue weighted by atomic mass is 9.98. The molecule has 1 aliphatic rings. The predicted molar refractivity (Wildman–Crippen MR) is 132 cm³/mol. The van der Waals surface area contributed by atoms with Gasteiger partial charge in [-0.3, -0.25) is 9.78 Å². The molecule has 1 fully saturated rings. The van der Waals surface area contributed by atoms with Crippen LogP contribution in [0, 0.1) is 6.92 Å². The van der Waals surface area contributed by atoms with Crippen molar-refractivity contribution in [1.82, 2.24) is 15.0 Å². The number of halogens is 1. The first-order chi connectivity index (χ1) is 16.1. The SMILES string of the molecule is Cc1ccc(-c2ccccc2)cc1-c1nc(Nc2cncc(N3CCCC3=O)c2)ncc1Cl. The van der Waals surface area contributed by atoms with Gasteiger partial charge in [0, 0.05) is 18.5 Å². The molecule has 4 aromatic rings. The summed E-state index contributed by atoms with van der Waals surface area (Å²) in [5, 5.41) is 3.68. The Bertz CT molecular complexity index is 1330. The summed E-state index contributed by atoms with van der Waals surface area (Å²) in [6.45, 7) is 2.75. The number of hydrogen-bond donors (Lipinski definition) is 1. The van der Waals surface area contributed by atoms with Crippen LogP contribution in [-0.2, 0) is 4.79 Å². The molecule has 1 aliphatic heterocycles. The van der Waals surface area contributed by atoms with Crippen molar-refractivity contribution in [2.75, 3.05) is 16.8 Å². The van der Waals surface area contributed by atoms with Gasteiger partial charge in [0.2, 0.25) is 11.9 Å². The van der Waals surface area contributed by atoms with Crippen molar-refractivity contribution in [3.63, 3.8) is 0 Å². The van der Waals surface area contributed by atoms with Crippen molar-refractivity contribution in [1.29, 1.82) is 0 Å². The molecular formula is C26H22ClN5O. The van der Waals surface area contributed by atoms with E-state index >= 15 is 0 Å². The Morgan fingerprint density at radius 2 is 1.85 bits per heavy atom. The van der Waals surface area contributed by atoms with Crippen LogP contribution in [0.25, 0.3) is 22.4 Å². The van der Waals surface area contributed by atoms with Gasteiger partial charge < -0.3 is 10.2 Å². The molecule has 0 saturated carbocycles. The number of aromatic nitrogens is 3. The molecule has 1 amide bonds. The fourth-order valence-corrected chi connectivity index (χ4v) is 4.19. The van der Waals surface area contributed by atoms with Gasteiger partial charge >= 0.3 is 0 Å². The van der Waals surface area contributed by atoms with Crippen molar-refractivity contribution < 1.29 is 4.79 Å². The lowest BCUT2D eigenvalue weighted by Crippen LogP contribution is -2.23. The molecule has 0 unspecified atom stereocenters. The van der Waals surface area contributed by atoms with Crippen LogP contribution in [0.5, 0.6) is 0 Å². The average molecular weight is 456 g/mol. The Hall–Kier alpha value is -3.77. The van der Waals surface area contributed by atoms with Crippen LogP contribution in [-0.4, -0.2) is 27.4 Å². The van der Waals surface area contributed by atoms with E-state index < -0.39 is 0 Å². The van der Waals surface area contributed by atoms with Crippen LogP contribution in [0.1, 0.15) is 18.4 Å². The Balaban J connectivity index is 1.47.